The number of nitrogens with two attached hydrogens (primary N) is 1. The van der Waals surface area contributed by atoms with E-state index in [0.29, 0.717) is 6.61 Å². The highest BCUT2D eigenvalue weighted by atomic mass is 19.1. The molecule has 0 bridgehead atoms. The quantitative estimate of drug-likeness (QED) is 0.882. The van der Waals surface area contributed by atoms with E-state index in [9.17, 15) is 4.39 Å². The maximum Gasteiger partial charge on any atom is 0.140 e. The van der Waals surface area contributed by atoms with Gasteiger partial charge in [0.05, 0.1) is 12.2 Å². The third-order valence-electron chi connectivity index (χ3n) is 3.59. The molecule has 5 heteroatoms. The van der Waals surface area contributed by atoms with Gasteiger partial charge in [-0.05, 0) is 17.7 Å². The summed E-state index contributed by atoms with van der Waals surface area (Å²) < 4.78 is 18.4. The molecule has 19 heavy (non-hydrogen) atoms. The van der Waals surface area contributed by atoms with Crippen LogP contribution in [-0.4, -0.2) is 44.3 Å². The van der Waals surface area contributed by atoms with Crippen LogP contribution < -0.4 is 5.73 Å². The average Bonchev–Trinajstić information content (AvgIpc) is 2.78. The van der Waals surface area contributed by atoms with Crippen LogP contribution in [-0.2, 0) is 4.74 Å². The van der Waals surface area contributed by atoms with Crippen LogP contribution >= 0.6 is 0 Å². The van der Waals surface area contributed by atoms with Crippen LogP contribution in [0.3, 0.4) is 0 Å². The van der Waals surface area contributed by atoms with E-state index >= 15 is 0 Å². The van der Waals surface area contributed by atoms with Crippen molar-refractivity contribution >= 4 is 0 Å². The average molecular weight is 263 g/mol. The lowest BCUT2D eigenvalue weighted by atomic mass is 9.93. The summed E-state index contributed by atoms with van der Waals surface area (Å²) in [4.78, 5) is 2.23. The van der Waals surface area contributed by atoms with Crippen LogP contribution in [0, 0.1) is 17.1 Å². The summed E-state index contributed by atoms with van der Waals surface area (Å²) in [7, 11) is 1.67. The molecule has 0 spiro atoms. The monoisotopic (exact) mass is 263 g/mol. The third-order valence-corrected chi connectivity index (χ3v) is 3.59. The predicted molar refractivity (Wildman–Crippen MR) is 70.1 cm³/mol. The number of halogens is 1. The summed E-state index contributed by atoms with van der Waals surface area (Å²) in [5.41, 5.74) is 7.16. The lowest BCUT2D eigenvalue weighted by Crippen LogP contribution is -2.30. The lowest BCUT2D eigenvalue weighted by molar-refractivity contribution is 0.160. The number of hydrogen-bond donors (Lipinski definition) is 1. The highest BCUT2D eigenvalue weighted by Crippen LogP contribution is 2.27. The molecule has 0 aromatic heterocycles. The number of nitrogens with zero attached hydrogens (tertiary/aromatic N) is 2. The first-order chi connectivity index (χ1) is 9.15. The van der Waals surface area contributed by atoms with Crippen molar-refractivity contribution in [2.24, 2.45) is 5.73 Å². The van der Waals surface area contributed by atoms with E-state index in [4.69, 9.17) is 15.7 Å². The normalized spacial score (nSPS) is 23.5. The number of ether oxygens (including phenoxy) is 1. The first-order valence-electron chi connectivity index (χ1n) is 6.32. The maximum absolute atomic E-state index is 13.3. The van der Waals surface area contributed by atoms with E-state index in [1.807, 2.05) is 6.07 Å². The summed E-state index contributed by atoms with van der Waals surface area (Å²) in [6.07, 6.45) is 0. The van der Waals surface area contributed by atoms with E-state index in [-0.39, 0.29) is 17.5 Å². The Bertz CT molecular complexity index is 486. The Balaban J connectivity index is 2.12. The molecule has 1 aromatic rings. The standard InChI is InChI=1S/C14H18FN3O/c1-19-5-4-18-8-12(14(17)9-18)10-2-3-13(15)11(6-10)7-16/h2-3,6,12,14H,4-5,8-9,17H2,1H3. The van der Waals surface area contributed by atoms with E-state index < -0.39 is 5.82 Å². The number of methoxy groups -OCH3 is 1. The zero-order chi connectivity index (χ0) is 13.8. The van der Waals surface area contributed by atoms with E-state index in [2.05, 4.69) is 4.90 Å². The molecular formula is C14H18FN3O. The molecule has 4 nitrogen and oxygen atoms in total. The SMILES string of the molecule is COCCN1CC(N)C(c2ccc(F)c(C#N)c2)C1. The summed E-state index contributed by atoms with van der Waals surface area (Å²) in [5.74, 6) is -0.335. The second kappa shape index (κ2) is 6.11. The summed E-state index contributed by atoms with van der Waals surface area (Å²) in [5, 5.41) is 8.87. The zero-order valence-electron chi connectivity index (χ0n) is 11.0. The highest BCUT2D eigenvalue weighted by molar-refractivity contribution is 5.37. The molecule has 0 saturated carbocycles. The van der Waals surface area contributed by atoms with Gasteiger partial charge in [0.1, 0.15) is 11.9 Å². The molecule has 1 aliphatic rings. The third kappa shape index (κ3) is 3.10. The number of likely N-dealkylation sites (tertiary alicyclic amines) is 1. The fourth-order valence-electron chi connectivity index (χ4n) is 2.53. The summed E-state index contributed by atoms with van der Waals surface area (Å²) in [6.45, 7) is 3.13. The number of rotatable bonds is 4. The fraction of sp³-hybridized carbons (Fsp3) is 0.500. The van der Waals surface area contributed by atoms with E-state index in [1.165, 1.54) is 6.07 Å². The van der Waals surface area contributed by atoms with Gasteiger partial charge in [0.2, 0.25) is 0 Å². The highest BCUT2D eigenvalue weighted by Gasteiger charge is 2.31. The predicted octanol–water partition coefficient (Wildman–Crippen LogP) is 1.07. The van der Waals surface area contributed by atoms with E-state index in [0.717, 1.165) is 25.2 Å². The first-order valence-corrected chi connectivity index (χ1v) is 6.32. The van der Waals surface area contributed by atoms with Gasteiger partial charge in [0.25, 0.3) is 0 Å². The van der Waals surface area contributed by atoms with Crippen LogP contribution in [0.2, 0.25) is 0 Å². The van der Waals surface area contributed by atoms with Gasteiger partial charge in [-0.25, -0.2) is 4.39 Å². The van der Waals surface area contributed by atoms with Gasteiger partial charge < -0.3 is 10.5 Å². The molecular weight excluding hydrogens is 245 g/mol. The second-order valence-corrected chi connectivity index (χ2v) is 4.87. The Labute approximate surface area is 112 Å². The molecule has 1 aromatic carbocycles. The van der Waals surface area contributed by atoms with Crippen molar-refractivity contribution in [3.63, 3.8) is 0 Å². The van der Waals surface area contributed by atoms with Gasteiger partial charge in [-0.3, -0.25) is 4.90 Å². The van der Waals surface area contributed by atoms with Crippen LogP contribution in [0.5, 0.6) is 0 Å². The molecule has 1 heterocycles. The number of hydrogen-bond acceptors (Lipinski definition) is 4. The van der Waals surface area contributed by atoms with Crippen LogP contribution in [0.15, 0.2) is 18.2 Å². The summed E-state index contributed by atoms with van der Waals surface area (Å²) in [6, 6.07) is 6.56. The van der Waals surface area contributed by atoms with E-state index in [1.54, 1.807) is 19.2 Å². The Morgan fingerprint density at radius 2 is 2.32 bits per heavy atom. The molecule has 0 radical (unpaired) electrons. The Kier molecular flexibility index (Phi) is 4.48. The zero-order valence-corrected chi connectivity index (χ0v) is 11.0. The van der Waals surface area contributed by atoms with Crippen molar-refractivity contribution in [3.8, 4) is 6.07 Å². The largest absolute Gasteiger partial charge is 0.383 e. The van der Waals surface area contributed by atoms with Crippen molar-refractivity contribution in [3.05, 3.63) is 35.1 Å². The van der Waals surface area contributed by atoms with Gasteiger partial charge in [-0.15, -0.1) is 0 Å². The van der Waals surface area contributed by atoms with Gasteiger partial charge in [0, 0.05) is 38.7 Å². The van der Waals surface area contributed by atoms with Gasteiger partial charge in [0.15, 0.2) is 0 Å². The second-order valence-electron chi connectivity index (χ2n) is 4.87. The van der Waals surface area contributed by atoms with Crippen LogP contribution in [0.1, 0.15) is 17.0 Å². The number of nitriles is 1. The smallest absolute Gasteiger partial charge is 0.140 e. The maximum atomic E-state index is 13.3. The van der Waals surface area contributed by atoms with Crippen LogP contribution in [0.25, 0.3) is 0 Å². The Morgan fingerprint density at radius 1 is 1.53 bits per heavy atom. The van der Waals surface area contributed by atoms with Crippen molar-refractivity contribution in [1.29, 1.82) is 5.26 Å². The Morgan fingerprint density at radius 3 is 3.00 bits per heavy atom. The minimum absolute atomic E-state index is 0.00820. The lowest BCUT2D eigenvalue weighted by Gasteiger charge is -2.16. The first kappa shape index (κ1) is 13.9. The van der Waals surface area contributed by atoms with Crippen LogP contribution in [0.4, 0.5) is 4.39 Å². The van der Waals surface area contributed by atoms with Gasteiger partial charge in [-0.2, -0.15) is 5.26 Å². The Hall–Kier alpha value is -1.48. The molecule has 2 N–H and O–H groups in total. The van der Waals surface area contributed by atoms with Crippen molar-refractivity contribution in [2.45, 2.75) is 12.0 Å². The topological polar surface area (TPSA) is 62.3 Å². The molecule has 2 rings (SSSR count). The van der Waals surface area contributed by atoms with Crippen molar-refractivity contribution in [2.75, 3.05) is 33.4 Å². The molecule has 0 amide bonds. The van der Waals surface area contributed by atoms with Gasteiger partial charge >= 0.3 is 0 Å². The molecule has 1 saturated heterocycles. The van der Waals surface area contributed by atoms with Crippen molar-refractivity contribution in [1.82, 2.24) is 4.90 Å². The summed E-state index contributed by atoms with van der Waals surface area (Å²) >= 11 is 0. The molecule has 0 aliphatic carbocycles. The fourth-order valence-corrected chi connectivity index (χ4v) is 2.53. The molecule has 2 atom stereocenters. The minimum atomic E-state index is -0.478. The molecule has 102 valence electrons. The molecule has 1 fully saturated rings. The van der Waals surface area contributed by atoms with Gasteiger partial charge in [-0.1, -0.05) is 6.07 Å². The molecule has 2 unspecified atom stereocenters. The number of benzene rings is 1. The molecule has 1 aliphatic heterocycles. The minimum Gasteiger partial charge on any atom is -0.383 e. The van der Waals surface area contributed by atoms with Crippen molar-refractivity contribution < 1.29 is 9.13 Å².